The molecule has 0 aliphatic carbocycles. The molecule has 1 heterocycles. The number of benzene rings is 1. The van der Waals surface area contributed by atoms with Gasteiger partial charge in [-0.2, -0.15) is 0 Å². The number of nitrogens with one attached hydrogen (secondary N) is 1. The van der Waals surface area contributed by atoms with Gasteiger partial charge in [0.15, 0.2) is 0 Å². The molecule has 1 N–H and O–H groups in total. The fraction of sp³-hybridized carbons (Fsp3) is 0.214. The van der Waals surface area contributed by atoms with Crippen LogP contribution in [0.1, 0.15) is 11.1 Å². The van der Waals surface area contributed by atoms with Crippen molar-refractivity contribution in [2.45, 2.75) is 13.5 Å². The molecule has 0 saturated heterocycles. The summed E-state index contributed by atoms with van der Waals surface area (Å²) in [6.45, 7) is 2.12. The Hall–Kier alpha value is -2.63. The van der Waals surface area contributed by atoms with E-state index in [1.807, 2.05) is 6.07 Å². The van der Waals surface area contributed by atoms with E-state index in [0.29, 0.717) is 23.7 Å². The first-order valence-electron chi connectivity index (χ1n) is 6.09. The Labute approximate surface area is 116 Å². The van der Waals surface area contributed by atoms with Gasteiger partial charge in [-0.25, -0.2) is 4.98 Å². The number of nitro benzene ring substituents is 1. The van der Waals surface area contributed by atoms with Crippen molar-refractivity contribution in [2.75, 3.05) is 12.4 Å². The van der Waals surface area contributed by atoms with Gasteiger partial charge >= 0.3 is 0 Å². The van der Waals surface area contributed by atoms with Crippen LogP contribution in [0.15, 0.2) is 36.5 Å². The number of pyridine rings is 1. The van der Waals surface area contributed by atoms with Crippen LogP contribution in [0.25, 0.3) is 0 Å². The zero-order chi connectivity index (χ0) is 14.5. The topological polar surface area (TPSA) is 77.3 Å². The van der Waals surface area contributed by atoms with Gasteiger partial charge in [-0.3, -0.25) is 10.1 Å². The molecule has 6 heteroatoms. The summed E-state index contributed by atoms with van der Waals surface area (Å²) >= 11 is 0. The molecule has 0 amide bonds. The Morgan fingerprint density at radius 1 is 1.35 bits per heavy atom. The Balaban J connectivity index is 2.23. The molecule has 0 radical (unpaired) electrons. The molecule has 0 bridgehead atoms. The van der Waals surface area contributed by atoms with Crippen molar-refractivity contribution < 1.29 is 9.66 Å². The van der Waals surface area contributed by atoms with E-state index in [4.69, 9.17) is 4.74 Å². The molecule has 0 atom stereocenters. The second-order valence-electron chi connectivity index (χ2n) is 4.25. The third-order valence-electron chi connectivity index (χ3n) is 2.93. The molecule has 0 saturated carbocycles. The zero-order valence-corrected chi connectivity index (χ0v) is 11.3. The van der Waals surface area contributed by atoms with E-state index in [-0.39, 0.29) is 10.6 Å². The molecule has 20 heavy (non-hydrogen) atoms. The van der Waals surface area contributed by atoms with Gasteiger partial charge in [-0.05, 0) is 19.1 Å². The van der Waals surface area contributed by atoms with Crippen molar-refractivity contribution in [3.63, 3.8) is 0 Å². The monoisotopic (exact) mass is 273 g/mol. The number of nitrogens with zero attached hydrogens (tertiary/aromatic N) is 2. The summed E-state index contributed by atoms with van der Waals surface area (Å²) in [5.41, 5.74) is 2.04. The van der Waals surface area contributed by atoms with Crippen molar-refractivity contribution in [1.82, 2.24) is 4.98 Å². The van der Waals surface area contributed by atoms with E-state index >= 15 is 0 Å². The summed E-state index contributed by atoms with van der Waals surface area (Å²) in [6.07, 6.45) is 1.64. The molecule has 2 aromatic rings. The van der Waals surface area contributed by atoms with Gasteiger partial charge in [0.2, 0.25) is 5.88 Å². The molecular weight excluding hydrogens is 258 g/mol. The van der Waals surface area contributed by atoms with E-state index in [1.54, 1.807) is 44.5 Å². The maximum absolute atomic E-state index is 11.1. The largest absolute Gasteiger partial charge is 0.481 e. The van der Waals surface area contributed by atoms with Gasteiger partial charge in [0.05, 0.1) is 12.0 Å². The Morgan fingerprint density at radius 3 is 2.85 bits per heavy atom. The number of ether oxygens (including phenoxy) is 1. The van der Waals surface area contributed by atoms with E-state index in [0.717, 1.165) is 5.56 Å². The van der Waals surface area contributed by atoms with Gasteiger partial charge in [-0.1, -0.05) is 18.2 Å². The van der Waals surface area contributed by atoms with Crippen molar-refractivity contribution in [2.24, 2.45) is 0 Å². The number of hydrogen-bond acceptors (Lipinski definition) is 5. The minimum atomic E-state index is -0.377. The minimum absolute atomic E-state index is 0.0929. The molecule has 0 aliphatic rings. The summed E-state index contributed by atoms with van der Waals surface area (Å²) in [5, 5.41) is 14.2. The number of anilines is 1. The van der Waals surface area contributed by atoms with Gasteiger partial charge in [0, 0.05) is 23.9 Å². The fourth-order valence-corrected chi connectivity index (χ4v) is 1.98. The van der Waals surface area contributed by atoms with Crippen LogP contribution < -0.4 is 10.1 Å². The molecular formula is C14H15N3O3. The van der Waals surface area contributed by atoms with Gasteiger partial charge in [-0.15, -0.1) is 0 Å². The third kappa shape index (κ3) is 2.85. The van der Waals surface area contributed by atoms with Crippen LogP contribution in [0.4, 0.5) is 11.4 Å². The summed E-state index contributed by atoms with van der Waals surface area (Å²) in [7, 11) is 1.54. The van der Waals surface area contributed by atoms with Crippen molar-refractivity contribution in [3.05, 3.63) is 57.8 Å². The number of hydrogen-bond donors (Lipinski definition) is 1. The van der Waals surface area contributed by atoms with Crippen LogP contribution in [-0.4, -0.2) is 17.0 Å². The first kappa shape index (κ1) is 13.8. The van der Waals surface area contributed by atoms with E-state index < -0.39 is 0 Å². The number of methoxy groups -OCH3 is 1. The van der Waals surface area contributed by atoms with Crippen LogP contribution in [0, 0.1) is 17.0 Å². The lowest BCUT2D eigenvalue weighted by Gasteiger charge is -2.10. The molecule has 0 unspecified atom stereocenters. The Morgan fingerprint density at radius 2 is 2.15 bits per heavy atom. The van der Waals surface area contributed by atoms with Crippen molar-refractivity contribution >= 4 is 11.4 Å². The first-order chi connectivity index (χ1) is 9.63. The normalized spacial score (nSPS) is 10.1. The van der Waals surface area contributed by atoms with Crippen molar-refractivity contribution in [1.29, 1.82) is 0 Å². The molecule has 1 aromatic carbocycles. The number of aromatic nitrogens is 1. The predicted molar refractivity (Wildman–Crippen MR) is 75.9 cm³/mol. The Bertz CT molecular complexity index is 629. The predicted octanol–water partition coefficient (Wildman–Crippen LogP) is 2.92. The average Bonchev–Trinajstić information content (AvgIpc) is 2.45. The van der Waals surface area contributed by atoms with Crippen LogP contribution in [0.3, 0.4) is 0 Å². The highest BCUT2D eigenvalue weighted by Crippen LogP contribution is 2.28. The van der Waals surface area contributed by atoms with E-state index in [2.05, 4.69) is 10.3 Å². The second kappa shape index (κ2) is 6.01. The van der Waals surface area contributed by atoms with Crippen molar-refractivity contribution in [3.8, 4) is 5.88 Å². The molecule has 2 rings (SSSR count). The molecule has 0 aliphatic heterocycles. The third-order valence-corrected chi connectivity index (χ3v) is 2.93. The number of nitro groups is 1. The summed E-state index contributed by atoms with van der Waals surface area (Å²) in [6, 6.07) is 8.84. The molecule has 1 aromatic heterocycles. The lowest BCUT2D eigenvalue weighted by atomic mass is 10.1. The lowest BCUT2D eigenvalue weighted by molar-refractivity contribution is -0.384. The lowest BCUT2D eigenvalue weighted by Crippen LogP contribution is -2.05. The maximum atomic E-state index is 11.1. The second-order valence-corrected chi connectivity index (χ2v) is 4.25. The molecule has 0 fully saturated rings. The van der Waals surface area contributed by atoms with Gasteiger partial charge in [0.1, 0.15) is 5.69 Å². The maximum Gasteiger partial charge on any atom is 0.295 e. The highest BCUT2D eigenvalue weighted by atomic mass is 16.6. The van der Waals surface area contributed by atoms with Crippen LogP contribution in [0.5, 0.6) is 5.88 Å². The zero-order valence-electron chi connectivity index (χ0n) is 11.3. The molecule has 6 nitrogen and oxygen atoms in total. The molecule has 104 valence electrons. The van der Waals surface area contributed by atoms with Gasteiger partial charge in [0.25, 0.3) is 5.69 Å². The summed E-state index contributed by atoms with van der Waals surface area (Å²) < 4.78 is 5.15. The number of para-hydroxylation sites is 1. The smallest absolute Gasteiger partial charge is 0.295 e. The standard InChI is InChI=1S/C14H15N3O3/c1-10-5-3-7-12(13(10)17(18)19)16-9-11-6-4-8-15-14(11)20-2/h3-8,16H,9H2,1-2H3. The quantitative estimate of drug-likeness (QED) is 0.669. The highest BCUT2D eigenvalue weighted by molar-refractivity contribution is 5.65. The number of rotatable bonds is 5. The highest BCUT2D eigenvalue weighted by Gasteiger charge is 2.16. The number of aryl methyl sites for hydroxylation is 1. The van der Waals surface area contributed by atoms with Gasteiger partial charge < -0.3 is 10.1 Å². The summed E-state index contributed by atoms with van der Waals surface area (Å²) in [5.74, 6) is 0.510. The average molecular weight is 273 g/mol. The summed E-state index contributed by atoms with van der Waals surface area (Å²) in [4.78, 5) is 14.8. The van der Waals surface area contributed by atoms with Crippen LogP contribution >= 0.6 is 0 Å². The minimum Gasteiger partial charge on any atom is -0.481 e. The van der Waals surface area contributed by atoms with Crippen LogP contribution in [-0.2, 0) is 6.54 Å². The van der Waals surface area contributed by atoms with Crippen LogP contribution in [0.2, 0.25) is 0 Å². The van der Waals surface area contributed by atoms with E-state index in [9.17, 15) is 10.1 Å². The SMILES string of the molecule is COc1ncccc1CNc1cccc(C)c1[N+](=O)[O-]. The van der Waals surface area contributed by atoms with E-state index in [1.165, 1.54) is 0 Å². The Kier molecular flexibility index (Phi) is 4.14. The molecule has 0 spiro atoms. The fourth-order valence-electron chi connectivity index (χ4n) is 1.98. The first-order valence-corrected chi connectivity index (χ1v) is 6.09.